The molecule has 2 N–H and O–H groups in total. The molecule has 1 heterocycles. The predicted molar refractivity (Wildman–Crippen MR) is 139 cm³/mol. The maximum absolute atomic E-state index is 13.9. The molecule has 0 radical (unpaired) electrons. The number of hydrogen-bond donors (Lipinski definition) is 1. The van der Waals surface area contributed by atoms with Crippen LogP contribution in [0.15, 0.2) is 78.9 Å². The number of hydrogen-bond acceptors (Lipinski definition) is 3. The molecule has 0 aliphatic rings. The van der Waals surface area contributed by atoms with Crippen LogP contribution in [0.4, 0.5) is 0 Å². The van der Waals surface area contributed by atoms with Gasteiger partial charge in [0.25, 0.3) is 5.91 Å². The minimum atomic E-state index is -0.185. The fourth-order valence-electron chi connectivity index (χ4n) is 4.62. The van der Waals surface area contributed by atoms with Crippen molar-refractivity contribution in [1.29, 1.82) is 0 Å². The SMILES string of the molecule is Cc1cccc(C(=O)N(CCCN)[C@@H](c2nc3ccccc3n2Cc2ccccc2)C(C)C)c1. The van der Waals surface area contributed by atoms with Crippen LogP contribution in [0.25, 0.3) is 11.0 Å². The third-order valence-electron chi connectivity index (χ3n) is 6.23. The molecule has 0 saturated heterocycles. The Morgan fingerprint density at radius 1 is 1.00 bits per heavy atom. The van der Waals surface area contributed by atoms with Gasteiger partial charge in [-0.3, -0.25) is 4.79 Å². The normalized spacial score (nSPS) is 12.3. The van der Waals surface area contributed by atoms with Crippen molar-refractivity contribution in [3.8, 4) is 0 Å². The highest BCUT2D eigenvalue weighted by Gasteiger charge is 2.32. The number of amides is 1. The lowest BCUT2D eigenvalue weighted by atomic mass is 9.99. The zero-order valence-electron chi connectivity index (χ0n) is 20.3. The Bertz CT molecular complexity index is 1250. The summed E-state index contributed by atoms with van der Waals surface area (Å²) in [5.74, 6) is 1.10. The van der Waals surface area contributed by atoms with Crippen LogP contribution in [0.5, 0.6) is 0 Å². The third kappa shape index (κ3) is 5.05. The smallest absolute Gasteiger partial charge is 0.254 e. The van der Waals surface area contributed by atoms with Crippen LogP contribution in [-0.2, 0) is 6.54 Å². The first-order chi connectivity index (χ1) is 16.5. The van der Waals surface area contributed by atoms with E-state index in [1.54, 1.807) is 0 Å². The fourth-order valence-corrected chi connectivity index (χ4v) is 4.62. The summed E-state index contributed by atoms with van der Waals surface area (Å²) in [4.78, 5) is 20.9. The second kappa shape index (κ2) is 10.7. The Labute approximate surface area is 202 Å². The van der Waals surface area contributed by atoms with Gasteiger partial charge in [0, 0.05) is 18.7 Å². The van der Waals surface area contributed by atoms with E-state index in [1.807, 2.05) is 60.4 Å². The van der Waals surface area contributed by atoms with Crippen molar-refractivity contribution >= 4 is 16.9 Å². The van der Waals surface area contributed by atoms with Crippen LogP contribution in [0.2, 0.25) is 0 Å². The van der Waals surface area contributed by atoms with E-state index in [2.05, 4.69) is 48.7 Å². The first kappa shape index (κ1) is 23.7. The van der Waals surface area contributed by atoms with Gasteiger partial charge in [0.1, 0.15) is 5.82 Å². The second-order valence-electron chi connectivity index (χ2n) is 9.23. The van der Waals surface area contributed by atoms with E-state index < -0.39 is 0 Å². The van der Waals surface area contributed by atoms with Crippen molar-refractivity contribution in [2.45, 2.75) is 39.8 Å². The van der Waals surface area contributed by atoms with Gasteiger partial charge in [-0.15, -0.1) is 0 Å². The van der Waals surface area contributed by atoms with Gasteiger partial charge < -0.3 is 15.2 Å². The first-order valence-corrected chi connectivity index (χ1v) is 12.1. The largest absolute Gasteiger partial charge is 0.330 e. The van der Waals surface area contributed by atoms with Crippen molar-refractivity contribution in [1.82, 2.24) is 14.5 Å². The maximum Gasteiger partial charge on any atom is 0.254 e. The zero-order valence-corrected chi connectivity index (χ0v) is 20.3. The zero-order chi connectivity index (χ0) is 24.1. The molecule has 0 fully saturated rings. The summed E-state index contributed by atoms with van der Waals surface area (Å²) in [6.07, 6.45) is 0.736. The number of nitrogens with zero attached hydrogens (tertiary/aromatic N) is 3. The van der Waals surface area contributed by atoms with Crippen molar-refractivity contribution in [3.05, 3.63) is 101 Å². The summed E-state index contributed by atoms with van der Waals surface area (Å²) in [6.45, 7) is 8.15. The maximum atomic E-state index is 13.9. The lowest BCUT2D eigenvalue weighted by Crippen LogP contribution is -2.40. The van der Waals surface area contributed by atoms with E-state index in [1.165, 1.54) is 5.56 Å². The number of rotatable bonds is 9. The topological polar surface area (TPSA) is 64.2 Å². The van der Waals surface area contributed by atoms with Gasteiger partial charge in [0.05, 0.1) is 17.1 Å². The van der Waals surface area contributed by atoms with E-state index in [9.17, 15) is 4.79 Å². The van der Waals surface area contributed by atoms with Crippen molar-refractivity contribution < 1.29 is 4.79 Å². The standard InChI is InChI=1S/C29H34N4O/c1-21(2)27(32(18-10-17-30)29(34)24-14-9-11-22(3)19-24)28-31-25-15-7-8-16-26(25)33(28)20-23-12-5-4-6-13-23/h4-9,11-16,19,21,27H,10,17-18,20,30H2,1-3H3/t27-/m1/s1. The highest BCUT2D eigenvalue weighted by atomic mass is 16.2. The van der Waals surface area contributed by atoms with E-state index >= 15 is 0 Å². The van der Waals surface area contributed by atoms with E-state index in [-0.39, 0.29) is 17.9 Å². The molecule has 5 heteroatoms. The van der Waals surface area contributed by atoms with Crippen LogP contribution in [-0.4, -0.2) is 33.4 Å². The molecule has 176 valence electrons. The van der Waals surface area contributed by atoms with Crippen molar-refractivity contribution in [2.75, 3.05) is 13.1 Å². The summed E-state index contributed by atoms with van der Waals surface area (Å²) in [6, 6.07) is 26.3. The summed E-state index contributed by atoms with van der Waals surface area (Å²) in [5, 5.41) is 0. The molecule has 3 aromatic carbocycles. The molecular weight excluding hydrogens is 420 g/mol. The van der Waals surface area contributed by atoms with Gasteiger partial charge in [0.2, 0.25) is 0 Å². The van der Waals surface area contributed by atoms with Crippen LogP contribution in [0, 0.1) is 12.8 Å². The molecule has 0 aliphatic carbocycles. The fraction of sp³-hybridized carbons (Fsp3) is 0.310. The number of para-hydroxylation sites is 2. The number of benzene rings is 3. The van der Waals surface area contributed by atoms with Gasteiger partial charge in [-0.2, -0.15) is 0 Å². The quantitative estimate of drug-likeness (QED) is 0.359. The number of carbonyl (C=O) groups is 1. The van der Waals surface area contributed by atoms with Crippen LogP contribution in [0.1, 0.15) is 53.6 Å². The van der Waals surface area contributed by atoms with Crippen molar-refractivity contribution in [3.63, 3.8) is 0 Å². The summed E-state index contributed by atoms with van der Waals surface area (Å²) >= 11 is 0. The average Bonchev–Trinajstić information content (AvgIpc) is 3.19. The minimum Gasteiger partial charge on any atom is -0.330 e. The number of nitrogens with two attached hydrogens (primary N) is 1. The molecule has 4 rings (SSSR count). The molecule has 0 unspecified atom stereocenters. The van der Waals surface area contributed by atoms with Gasteiger partial charge in [0.15, 0.2) is 0 Å². The van der Waals surface area contributed by atoms with Crippen molar-refractivity contribution in [2.24, 2.45) is 11.7 Å². The Morgan fingerprint density at radius 2 is 1.74 bits per heavy atom. The van der Waals surface area contributed by atoms with E-state index in [0.717, 1.165) is 28.8 Å². The van der Waals surface area contributed by atoms with Gasteiger partial charge in [-0.1, -0.05) is 74.0 Å². The summed E-state index contributed by atoms with van der Waals surface area (Å²) in [5.41, 5.74) is 10.9. The number of carbonyl (C=O) groups excluding carboxylic acids is 1. The highest BCUT2D eigenvalue weighted by molar-refractivity contribution is 5.94. The van der Waals surface area contributed by atoms with Gasteiger partial charge >= 0.3 is 0 Å². The van der Waals surface area contributed by atoms with Crippen LogP contribution >= 0.6 is 0 Å². The lowest BCUT2D eigenvalue weighted by Gasteiger charge is -2.35. The summed E-state index contributed by atoms with van der Waals surface area (Å²) in [7, 11) is 0. The highest BCUT2D eigenvalue weighted by Crippen LogP contribution is 2.33. The molecule has 0 spiro atoms. The molecule has 1 amide bonds. The van der Waals surface area contributed by atoms with Crippen LogP contribution in [0.3, 0.4) is 0 Å². The Hall–Kier alpha value is -3.44. The molecular formula is C29H34N4O. The molecule has 1 atom stereocenters. The van der Waals surface area contributed by atoms with E-state index in [4.69, 9.17) is 10.7 Å². The predicted octanol–water partition coefficient (Wildman–Crippen LogP) is 5.58. The Morgan fingerprint density at radius 3 is 2.44 bits per heavy atom. The molecule has 5 nitrogen and oxygen atoms in total. The first-order valence-electron chi connectivity index (χ1n) is 12.1. The molecule has 34 heavy (non-hydrogen) atoms. The van der Waals surface area contributed by atoms with Gasteiger partial charge in [-0.25, -0.2) is 4.98 Å². The second-order valence-corrected chi connectivity index (χ2v) is 9.23. The number of fused-ring (bicyclic) bond motifs is 1. The van der Waals surface area contributed by atoms with Crippen LogP contribution < -0.4 is 5.73 Å². The molecule has 0 saturated carbocycles. The Balaban J connectivity index is 1.84. The Kier molecular flexibility index (Phi) is 7.43. The third-order valence-corrected chi connectivity index (χ3v) is 6.23. The van der Waals surface area contributed by atoms with Gasteiger partial charge in [-0.05, 0) is 55.6 Å². The molecule has 0 bridgehead atoms. The monoisotopic (exact) mass is 454 g/mol. The average molecular weight is 455 g/mol. The minimum absolute atomic E-state index is 0.0224. The molecule has 4 aromatic rings. The number of imidazole rings is 1. The van der Waals surface area contributed by atoms with E-state index in [0.29, 0.717) is 25.2 Å². The number of aromatic nitrogens is 2. The molecule has 1 aromatic heterocycles. The lowest BCUT2D eigenvalue weighted by molar-refractivity contribution is 0.0605. The number of aryl methyl sites for hydroxylation is 1. The molecule has 0 aliphatic heterocycles. The summed E-state index contributed by atoms with van der Waals surface area (Å²) < 4.78 is 2.27.